The number of para-hydroxylation sites is 1. The lowest BCUT2D eigenvalue weighted by molar-refractivity contribution is 0.343. The topological polar surface area (TPSA) is 42.1 Å². The third-order valence-electron chi connectivity index (χ3n) is 2.93. The monoisotopic (exact) mass is 245 g/mol. The molecule has 1 aromatic carbocycles. The van der Waals surface area contributed by atoms with Gasteiger partial charge in [0.25, 0.3) is 0 Å². The molecule has 2 aromatic rings. The third kappa shape index (κ3) is 2.26. The molecule has 0 spiro atoms. The zero-order valence-corrected chi connectivity index (χ0v) is 11.3. The maximum Gasteiger partial charge on any atom is 0.189 e. The van der Waals surface area contributed by atoms with E-state index in [1.165, 1.54) is 0 Å². The summed E-state index contributed by atoms with van der Waals surface area (Å²) in [5, 5.41) is 0.675. The Morgan fingerprint density at radius 1 is 1.28 bits per heavy atom. The molecule has 96 valence electrons. The van der Waals surface area contributed by atoms with Gasteiger partial charge in [-0.3, -0.25) is 4.79 Å². The standard InChI is InChI=1S/C15H19NO2/c1-5-18-12-8-6-7-10-11(17)9-13(15(2,3)4)16-14(10)12/h6-9H,5H2,1-4H3,(H,16,17). The van der Waals surface area contributed by atoms with E-state index in [1.807, 2.05) is 25.1 Å². The number of aromatic nitrogens is 1. The van der Waals surface area contributed by atoms with Gasteiger partial charge in [0.1, 0.15) is 5.75 Å². The Hall–Kier alpha value is -1.77. The average Bonchev–Trinajstić information content (AvgIpc) is 2.29. The van der Waals surface area contributed by atoms with Gasteiger partial charge in [0, 0.05) is 22.6 Å². The van der Waals surface area contributed by atoms with Gasteiger partial charge in [0.15, 0.2) is 5.43 Å². The van der Waals surface area contributed by atoms with Gasteiger partial charge in [0.2, 0.25) is 0 Å². The molecule has 0 aliphatic carbocycles. The van der Waals surface area contributed by atoms with E-state index in [-0.39, 0.29) is 10.8 Å². The summed E-state index contributed by atoms with van der Waals surface area (Å²) in [7, 11) is 0. The summed E-state index contributed by atoms with van der Waals surface area (Å²) in [6, 6.07) is 7.23. The molecular formula is C15H19NO2. The minimum Gasteiger partial charge on any atom is -0.492 e. The summed E-state index contributed by atoms with van der Waals surface area (Å²) in [5.74, 6) is 0.734. The molecule has 18 heavy (non-hydrogen) atoms. The molecule has 0 bridgehead atoms. The van der Waals surface area contributed by atoms with Gasteiger partial charge in [-0.15, -0.1) is 0 Å². The molecule has 1 heterocycles. The van der Waals surface area contributed by atoms with Crippen LogP contribution in [0.15, 0.2) is 29.1 Å². The first kappa shape index (κ1) is 12.7. The van der Waals surface area contributed by atoms with Crippen LogP contribution in [-0.2, 0) is 5.41 Å². The minimum atomic E-state index is -0.0906. The lowest BCUT2D eigenvalue weighted by Crippen LogP contribution is -2.17. The maximum absolute atomic E-state index is 12.1. The zero-order valence-electron chi connectivity index (χ0n) is 11.3. The van der Waals surface area contributed by atoms with Crippen molar-refractivity contribution >= 4 is 10.9 Å². The second-order valence-electron chi connectivity index (χ2n) is 5.41. The molecule has 3 heteroatoms. The minimum absolute atomic E-state index is 0.0372. The van der Waals surface area contributed by atoms with Gasteiger partial charge >= 0.3 is 0 Å². The van der Waals surface area contributed by atoms with E-state index >= 15 is 0 Å². The maximum atomic E-state index is 12.1. The van der Waals surface area contributed by atoms with Gasteiger partial charge in [-0.1, -0.05) is 26.8 Å². The summed E-state index contributed by atoms with van der Waals surface area (Å²) in [6.07, 6.45) is 0. The van der Waals surface area contributed by atoms with Crippen LogP contribution in [-0.4, -0.2) is 11.6 Å². The van der Waals surface area contributed by atoms with Crippen molar-refractivity contribution in [2.24, 2.45) is 0 Å². The van der Waals surface area contributed by atoms with Crippen molar-refractivity contribution in [3.8, 4) is 5.75 Å². The van der Waals surface area contributed by atoms with Crippen LogP contribution in [0, 0.1) is 0 Å². The molecule has 0 atom stereocenters. The predicted molar refractivity (Wildman–Crippen MR) is 74.4 cm³/mol. The highest BCUT2D eigenvalue weighted by molar-refractivity contribution is 5.84. The fourth-order valence-corrected chi connectivity index (χ4v) is 1.92. The van der Waals surface area contributed by atoms with Crippen molar-refractivity contribution in [1.29, 1.82) is 0 Å². The van der Waals surface area contributed by atoms with Gasteiger partial charge in [0.05, 0.1) is 12.1 Å². The second-order valence-corrected chi connectivity index (χ2v) is 5.41. The molecule has 0 amide bonds. The van der Waals surface area contributed by atoms with E-state index in [9.17, 15) is 4.79 Å². The van der Waals surface area contributed by atoms with Crippen molar-refractivity contribution in [1.82, 2.24) is 4.98 Å². The molecule has 0 unspecified atom stereocenters. The van der Waals surface area contributed by atoms with E-state index in [0.29, 0.717) is 12.0 Å². The normalized spacial score (nSPS) is 11.8. The predicted octanol–water partition coefficient (Wildman–Crippen LogP) is 3.22. The first-order chi connectivity index (χ1) is 8.43. The number of hydrogen-bond donors (Lipinski definition) is 1. The molecule has 1 aromatic heterocycles. The molecule has 2 rings (SSSR count). The van der Waals surface area contributed by atoms with Crippen molar-refractivity contribution in [3.63, 3.8) is 0 Å². The van der Waals surface area contributed by atoms with Gasteiger partial charge < -0.3 is 9.72 Å². The molecule has 0 aliphatic heterocycles. The molecule has 0 radical (unpaired) electrons. The number of hydrogen-bond acceptors (Lipinski definition) is 2. The molecule has 0 saturated heterocycles. The molecular weight excluding hydrogens is 226 g/mol. The zero-order chi connectivity index (χ0) is 13.3. The van der Waals surface area contributed by atoms with E-state index < -0.39 is 0 Å². The highest BCUT2D eigenvalue weighted by Gasteiger charge is 2.17. The van der Waals surface area contributed by atoms with Crippen LogP contribution < -0.4 is 10.2 Å². The summed E-state index contributed by atoms with van der Waals surface area (Å²) < 4.78 is 5.57. The fraction of sp³-hybridized carbons (Fsp3) is 0.400. The Bertz CT molecular complexity index is 620. The number of nitrogens with one attached hydrogen (secondary N) is 1. The van der Waals surface area contributed by atoms with E-state index in [1.54, 1.807) is 6.07 Å². The van der Waals surface area contributed by atoms with Crippen LogP contribution in [0.1, 0.15) is 33.4 Å². The summed E-state index contributed by atoms with van der Waals surface area (Å²) >= 11 is 0. The first-order valence-electron chi connectivity index (χ1n) is 6.23. The number of rotatable bonds is 2. The number of benzene rings is 1. The van der Waals surface area contributed by atoms with Gasteiger partial charge in [-0.05, 0) is 19.1 Å². The first-order valence-corrected chi connectivity index (χ1v) is 6.23. The Kier molecular flexibility index (Phi) is 3.16. The molecule has 0 saturated carbocycles. The second kappa shape index (κ2) is 4.48. The highest BCUT2D eigenvalue weighted by atomic mass is 16.5. The fourth-order valence-electron chi connectivity index (χ4n) is 1.92. The van der Waals surface area contributed by atoms with Crippen molar-refractivity contribution in [3.05, 3.63) is 40.2 Å². The van der Waals surface area contributed by atoms with Crippen LogP contribution in [0.3, 0.4) is 0 Å². The smallest absolute Gasteiger partial charge is 0.189 e. The highest BCUT2D eigenvalue weighted by Crippen LogP contribution is 2.25. The lowest BCUT2D eigenvalue weighted by Gasteiger charge is -2.19. The summed E-state index contributed by atoms with van der Waals surface area (Å²) in [4.78, 5) is 15.5. The summed E-state index contributed by atoms with van der Waals surface area (Å²) in [6.45, 7) is 8.75. The van der Waals surface area contributed by atoms with Crippen LogP contribution in [0.25, 0.3) is 10.9 Å². The molecule has 3 nitrogen and oxygen atoms in total. The van der Waals surface area contributed by atoms with Crippen LogP contribution >= 0.6 is 0 Å². The van der Waals surface area contributed by atoms with Crippen molar-refractivity contribution in [2.75, 3.05) is 6.61 Å². The Labute approximate surface area is 107 Å². The van der Waals surface area contributed by atoms with Crippen molar-refractivity contribution in [2.45, 2.75) is 33.1 Å². The Balaban J connectivity index is 2.76. The van der Waals surface area contributed by atoms with Crippen molar-refractivity contribution < 1.29 is 4.74 Å². The molecule has 0 fully saturated rings. The average molecular weight is 245 g/mol. The molecule has 0 aliphatic rings. The lowest BCUT2D eigenvalue weighted by atomic mass is 9.91. The largest absolute Gasteiger partial charge is 0.492 e. The van der Waals surface area contributed by atoms with E-state index in [2.05, 4.69) is 25.8 Å². The quantitative estimate of drug-likeness (QED) is 0.882. The number of fused-ring (bicyclic) bond motifs is 1. The van der Waals surface area contributed by atoms with Gasteiger partial charge in [-0.2, -0.15) is 0 Å². The summed E-state index contributed by atoms with van der Waals surface area (Å²) in [5.41, 5.74) is 1.66. The number of ether oxygens (including phenoxy) is 1. The number of aromatic amines is 1. The number of pyridine rings is 1. The Morgan fingerprint density at radius 3 is 2.61 bits per heavy atom. The van der Waals surface area contributed by atoms with Crippen LogP contribution in [0.2, 0.25) is 0 Å². The van der Waals surface area contributed by atoms with Gasteiger partial charge in [-0.25, -0.2) is 0 Å². The molecule has 1 N–H and O–H groups in total. The third-order valence-corrected chi connectivity index (χ3v) is 2.93. The van der Waals surface area contributed by atoms with E-state index in [4.69, 9.17) is 4.74 Å². The SMILES string of the molecule is CCOc1cccc2c(=O)cc(C(C)(C)C)[nH]c12. The number of H-pyrrole nitrogens is 1. The Morgan fingerprint density at radius 2 is 2.00 bits per heavy atom. The van der Waals surface area contributed by atoms with Crippen LogP contribution in [0.5, 0.6) is 5.75 Å². The van der Waals surface area contributed by atoms with E-state index in [0.717, 1.165) is 17.0 Å². The van der Waals surface area contributed by atoms with Crippen LogP contribution in [0.4, 0.5) is 0 Å².